The number of methoxy groups -OCH3 is 1. The Hall–Kier alpha value is -1.94. The summed E-state index contributed by atoms with van der Waals surface area (Å²) in [6.07, 6.45) is 7.17. The zero-order valence-electron chi connectivity index (χ0n) is 12.4. The summed E-state index contributed by atoms with van der Waals surface area (Å²) in [5, 5.41) is 0. The van der Waals surface area contributed by atoms with Crippen LogP contribution in [0.2, 0.25) is 0 Å². The Balaban J connectivity index is 1.78. The Morgan fingerprint density at radius 2 is 2.24 bits per heavy atom. The van der Waals surface area contributed by atoms with E-state index in [2.05, 4.69) is 33.1 Å². The Morgan fingerprint density at radius 3 is 3.05 bits per heavy atom. The monoisotopic (exact) mass is 283 g/mol. The predicted molar refractivity (Wildman–Crippen MR) is 82.0 cm³/mol. The highest BCUT2D eigenvalue weighted by Crippen LogP contribution is 2.31. The van der Waals surface area contributed by atoms with Gasteiger partial charge in [-0.2, -0.15) is 0 Å². The molecule has 1 atom stereocenters. The second-order valence-corrected chi connectivity index (χ2v) is 5.47. The molecular weight excluding hydrogens is 262 g/mol. The van der Waals surface area contributed by atoms with Gasteiger partial charge in [-0.1, -0.05) is 18.6 Å². The summed E-state index contributed by atoms with van der Waals surface area (Å²) in [7, 11) is 1.71. The molecule has 1 saturated heterocycles. The summed E-state index contributed by atoms with van der Waals surface area (Å²) in [6, 6.07) is 10.8. The average molecular weight is 283 g/mol. The van der Waals surface area contributed by atoms with Crippen LogP contribution in [0.5, 0.6) is 5.75 Å². The lowest BCUT2D eigenvalue weighted by Gasteiger charge is -2.35. The van der Waals surface area contributed by atoms with Crippen molar-refractivity contribution in [2.75, 3.05) is 13.7 Å². The van der Waals surface area contributed by atoms with Crippen molar-refractivity contribution in [2.24, 2.45) is 0 Å². The molecular formula is C17H21N3O. The van der Waals surface area contributed by atoms with E-state index in [1.54, 1.807) is 13.4 Å². The second-order valence-electron chi connectivity index (χ2n) is 5.47. The molecule has 1 fully saturated rings. The molecule has 0 radical (unpaired) electrons. The Kier molecular flexibility index (Phi) is 4.46. The first-order valence-corrected chi connectivity index (χ1v) is 7.50. The van der Waals surface area contributed by atoms with E-state index in [0.29, 0.717) is 6.04 Å². The molecule has 0 aliphatic carbocycles. The number of ether oxygens (including phenoxy) is 1. The normalized spacial score (nSPS) is 19.4. The fourth-order valence-corrected chi connectivity index (χ4v) is 3.02. The largest absolute Gasteiger partial charge is 0.497 e. The average Bonchev–Trinajstić information content (AvgIpc) is 2.56. The summed E-state index contributed by atoms with van der Waals surface area (Å²) >= 11 is 0. The SMILES string of the molecule is COc1cccc(CN2CCCC[C@H]2c2ccncn2)c1. The molecule has 2 aromatic rings. The van der Waals surface area contributed by atoms with Gasteiger partial charge in [-0.05, 0) is 43.1 Å². The van der Waals surface area contributed by atoms with Gasteiger partial charge in [0.25, 0.3) is 0 Å². The van der Waals surface area contributed by atoms with Gasteiger partial charge in [0, 0.05) is 12.7 Å². The summed E-state index contributed by atoms with van der Waals surface area (Å²) in [5.41, 5.74) is 2.42. The molecule has 2 heterocycles. The van der Waals surface area contributed by atoms with Gasteiger partial charge in [-0.3, -0.25) is 4.90 Å². The van der Waals surface area contributed by atoms with Gasteiger partial charge >= 0.3 is 0 Å². The molecule has 4 heteroatoms. The molecule has 1 aliphatic heterocycles. The summed E-state index contributed by atoms with van der Waals surface area (Å²) in [5.74, 6) is 0.920. The predicted octanol–water partition coefficient (Wildman–Crippen LogP) is 3.21. The lowest BCUT2D eigenvalue weighted by atomic mass is 9.98. The van der Waals surface area contributed by atoms with E-state index >= 15 is 0 Å². The third kappa shape index (κ3) is 3.39. The van der Waals surface area contributed by atoms with Crippen LogP contribution in [0.15, 0.2) is 42.9 Å². The van der Waals surface area contributed by atoms with Crippen LogP contribution in [0.25, 0.3) is 0 Å². The van der Waals surface area contributed by atoms with Gasteiger partial charge in [-0.25, -0.2) is 9.97 Å². The molecule has 1 aromatic carbocycles. The first-order valence-electron chi connectivity index (χ1n) is 7.50. The van der Waals surface area contributed by atoms with Gasteiger partial charge in [-0.15, -0.1) is 0 Å². The number of benzene rings is 1. The third-order valence-corrected chi connectivity index (χ3v) is 4.08. The van der Waals surface area contributed by atoms with Gasteiger partial charge in [0.15, 0.2) is 0 Å². The van der Waals surface area contributed by atoms with Crippen LogP contribution in [-0.4, -0.2) is 28.5 Å². The van der Waals surface area contributed by atoms with E-state index in [1.165, 1.54) is 24.8 Å². The molecule has 0 spiro atoms. The van der Waals surface area contributed by atoms with Crippen molar-refractivity contribution in [3.63, 3.8) is 0 Å². The quantitative estimate of drug-likeness (QED) is 0.863. The minimum absolute atomic E-state index is 0.396. The molecule has 0 saturated carbocycles. The van der Waals surface area contributed by atoms with Crippen LogP contribution in [0.1, 0.15) is 36.6 Å². The highest BCUT2D eigenvalue weighted by atomic mass is 16.5. The summed E-state index contributed by atoms with van der Waals surface area (Å²) in [6.45, 7) is 2.05. The van der Waals surface area contributed by atoms with Gasteiger partial charge in [0.2, 0.25) is 0 Å². The molecule has 3 rings (SSSR count). The van der Waals surface area contributed by atoms with Gasteiger partial charge in [0.1, 0.15) is 12.1 Å². The fraction of sp³-hybridized carbons (Fsp3) is 0.412. The minimum atomic E-state index is 0.396. The first kappa shape index (κ1) is 14.0. The number of hydrogen-bond donors (Lipinski definition) is 0. The maximum absolute atomic E-state index is 5.32. The van der Waals surface area contributed by atoms with E-state index < -0.39 is 0 Å². The lowest BCUT2D eigenvalue weighted by molar-refractivity contribution is 0.137. The van der Waals surface area contributed by atoms with Crippen LogP contribution >= 0.6 is 0 Å². The van der Waals surface area contributed by atoms with Crippen molar-refractivity contribution < 1.29 is 4.74 Å². The molecule has 1 aliphatic rings. The van der Waals surface area contributed by atoms with E-state index in [1.807, 2.05) is 18.3 Å². The molecule has 110 valence electrons. The first-order chi connectivity index (χ1) is 10.4. The maximum atomic E-state index is 5.32. The Bertz CT molecular complexity index is 573. The van der Waals surface area contributed by atoms with E-state index in [9.17, 15) is 0 Å². The van der Waals surface area contributed by atoms with Crippen LogP contribution in [-0.2, 0) is 6.54 Å². The highest BCUT2D eigenvalue weighted by Gasteiger charge is 2.24. The van der Waals surface area contributed by atoms with Crippen molar-refractivity contribution in [3.8, 4) is 5.75 Å². The molecule has 0 N–H and O–H groups in total. The van der Waals surface area contributed by atoms with E-state index in [-0.39, 0.29) is 0 Å². The molecule has 21 heavy (non-hydrogen) atoms. The standard InChI is InChI=1S/C17H21N3O/c1-21-15-6-4-5-14(11-15)12-20-10-3-2-7-17(20)16-8-9-18-13-19-16/h4-6,8-9,11,13,17H,2-3,7,10,12H2,1H3/t17-/m0/s1. The number of likely N-dealkylation sites (tertiary alicyclic amines) is 1. The zero-order chi connectivity index (χ0) is 14.5. The van der Waals surface area contributed by atoms with Crippen LogP contribution in [0.3, 0.4) is 0 Å². The number of piperidine rings is 1. The van der Waals surface area contributed by atoms with Crippen LogP contribution in [0.4, 0.5) is 0 Å². The van der Waals surface area contributed by atoms with Crippen molar-refractivity contribution in [3.05, 3.63) is 54.1 Å². The van der Waals surface area contributed by atoms with E-state index in [4.69, 9.17) is 4.74 Å². The van der Waals surface area contributed by atoms with E-state index in [0.717, 1.165) is 24.5 Å². The second kappa shape index (κ2) is 6.68. The number of nitrogens with zero attached hydrogens (tertiary/aromatic N) is 3. The van der Waals surface area contributed by atoms with Crippen molar-refractivity contribution >= 4 is 0 Å². The molecule has 0 unspecified atom stereocenters. The Labute approximate surface area is 125 Å². The molecule has 4 nitrogen and oxygen atoms in total. The molecule has 0 amide bonds. The molecule has 0 bridgehead atoms. The number of rotatable bonds is 4. The lowest BCUT2D eigenvalue weighted by Crippen LogP contribution is -2.33. The Morgan fingerprint density at radius 1 is 1.29 bits per heavy atom. The summed E-state index contributed by atoms with van der Waals surface area (Å²) < 4.78 is 5.32. The topological polar surface area (TPSA) is 38.2 Å². The maximum Gasteiger partial charge on any atom is 0.119 e. The highest BCUT2D eigenvalue weighted by molar-refractivity contribution is 5.28. The number of aromatic nitrogens is 2. The van der Waals surface area contributed by atoms with Crippen molar-refractivity contribution in [1.29, 1.82) is 0 Å². The number of hydrogen-bond acceptors (Lipinski definition) is 4. The van der Waals surface area contributed by atoms with Gasteiger partial charge in [0.05, 0.1) is 18.8 Å². The molecule has 1 aromatic heterocycles. The zero-order valence-corrected chi connectivity index (χ0v) is 12.4. The minimum Gasteiger partial charge on any atom is -0.497 e. The smallest absolute Gasteiger partial charge is 0.119 e. The third-order valence-electron chi connectivity index (χ3n) is 4.08. The summed E-state index contributed by atoms with van der Waals surface area (Å²) in [4.78, 5) is 11.0. The van der Waals surface area contributed by atoms with Crippen LogP contribution < -0.4 is 4.74 Å². The van der Waals surface area contributed by atoms with Crippen molar-refractivity contribution in [2.45, 2.75) is 31.8 Å². The fourth-order valence-electron chi connectivity index (χ4n) is 3.02. The van der Waals surface area contributed by atoms with Crippen molar-refractivity contribution in [1.82, 2.24) is 14.9 Å². The van der Waals surface area contributed by atoms with Crippen LogP contribution in [0, 0.1) is 0 Å². The van der Waals surface area contributed by atoms with Gasteiger partial charge < -0.3 is 4.74 Å².